The summed E-state index contributed by atoms with van der Waals surface area (Å²) < 4.78 is 2.34. The first-order valence-corrected chi connectivity index (χ1v) is 15.4. The number of benzene rings is 4. The first-order valence-electron chi connectivity index (χ1n) is 15.4. The minimum atomic E-state index is -0.0603. The van der Waals surface area contributed by atoms with E-state index in [9.17, 15) is 5.26 Å². The Balaban J connectivity index is 1.14. The third kappa shape index (κ3) is 4.60. The van der Waals surface area contributed by atoms with E-state index in [0.717, 1.165) is 42.9 Å². The molecule has 3 heterocycles. The number of hydrogen-bond acceptors (Lipinski definition) is 5. The second-order valence-corrected chi connectivity index (χ2v) is 12.6. The molecule has 0 atom stereocenters. The van der Waals surface area contributed by atoms with Crippen molar-refractivity contribution in [3.8, 4) is 6.07 Å². The number of anilines is 5. The van der Waals surface area contributed by atoms with Crippen molar-refractivity contribution in [2.24, 2.45) is 0 Å². The molecule has 1 N–H and O–H groups in total. The maximum Gasteiger partial charge on any atom is 0.204 e. The average Bonchev–Trinajstić information content (AvgIpc) is 3.38. The molecule has 6 heteroatoms. The zero-order chi connectivity index (χ0) is 29.7. The highest BCUT2D eigenvalue weighted by molar-refractivity contribution is 5.86. The van der Waals surface area contributed by atoms with Crippen LogP contribution in [0.1, 0.15) is 63.3 Å². The molecule has 1 fully saturated rings. The van der Waals surface area contributed by atoms with E-state index < -0.39 is 0 Å². The largest absolute Gasteiger partial charge is 0.371 e. The minimum absolute atomic E-state index is 0.0603. The molecular formula is C37H38N6. The molecule has 6 nitrogen and oxygen atoms in total. The van der Waals surface area contributed by atoms with Crippen LogP contribution in [0.4, 0.5) is 28.7 Å². The number of aromatic nitrogens is 2. The van der Waals surface area contributed by atoms with Gasteiger partial charge in [0.15, 0.2) is 0 Å². The molecule has 0 aliphatic carbocycles. The van der Waals surface area contributed by atoms with Gasteiger partial charge >= 0.3 is 0 Å². The van der Waals surface area contributed by atoms with Gasteiger partial charge in [0.05, 0.1) is 34.0 Å². The molecule has 1 saturated heterocycles. The highest BCUT2D eigenvalue weighted by Crippen LogP contribution is 2.51. The van der Waals surface area contributed by atoms with E-state index in [1.165, 1.54) is 33.9 Å². The van der Waals surface area contributed by atoms with Gasteiger partial charge in [0.1, 0.15) is 0 Å². The molecule has 0 bridgehead atoms. The number of hydrogen-bond donors (Lipinski definition) is 1. The maximum absolute atomic E-state index is 9.53. The lowest BCUT2D eigenvalue weighted by Crippen LogP contribution is -2.35. The topological polar surface area (TPSA) is 60.1 Å². The van der Waals surface area contributed by atoms with Gasteiger partial charge in [-0.15, -0.1) is 0 Å². The molecular weight excluding hydrogens is 528 g/mol. The number of piperidine rings is 1. The Morgan fingerprint density at radius 2 is 1.44 bits per heavy atom. The normalized spacial score (nSPS) is 16.2. The molecule has 216 valence electrons. The van der Waals surface area contributed by atoms with Crippen LogP contribution in [0.3, 0.4) is 0 Å². The number of nitriles is 1. The standard InChI is InChI=1S/C37H38N6/c1-25(2)39-36-40-32-18-13-26(24-38)23-35(32)43(36)29-19-21-41(22-20-29)27-14-16-28(17-15-27)42-33-11-7-5-9-30(33)37(3,4)31-10-6-8-12-34(31)42/h5-18,23,25,29H,19-22H2,1-4H3,(H,39,40). The fraction of sp³-hybridized carbons (Fsp3) is 0.297. The molecule has 0 spiro atoms. The van der Waals surface area contributed by atoms with Crippen LogP contribution < -0.4 is 15.1 Å². The predicted molar refractivity (Wildman–Crippen MR) is 177 cm³/mol. The van der Waals surface area contributed by atoms with Gasteiger partial charge in [-0.3, -0.25) is 0 Å². The van der Waals surface area contributed by atoms with Gasteiger partial charge in [-0.05, 0) is 92.4 Å². The first kappa shape index (κ1) is 27.1. The molecule has 7 rings (SSSR count). The lowest BCUT2D eigenvalue weighted by molar-refractivity contribution is 0.406. The molecule has 43 heavy (non-hydrogen) atoms. The smallest absolute Gasteiger partial charge is 0.204 e. The number of nitrogens with one attached hydrogen (secondary N) is 1. The summed E-state index contributed by atoms with van der Waals surface area (Å²) in [6.07, 6.45) is 2.03. The Labute approximate surface area is 254 Å². The van der Waals surface area contributed by atoms with E-state index in [1.807, 2.05) is 18.2 Å². The minimum Gasteiger partial charge on any atom is -0.371 e. The van der Waals surface area contributed by atoms with E-state index in [4.69, 9.17) is 4.98 Å². The number of para-hydroxylation sites is 2. The van der Waals surface area contributed by atoms with E-state index in [0.29, 0.717) is 11.6 Å². The summed E-state index contributed by atoms with van der Waals surface area (Å²) in [7, 11) is 0. The number of fused-ring (bicyclic) bond motifs is 3. The van der Waals surface area contributed by atoms with Gasteiger partial charge in [-0.2, -0.15) is 5.26 Å². The molecule has 0 amide bonds. The number of imidazole rings is 1. The zero-order valence-electron chi connectivity index (χ0n) is 25.4. The fourth-order valence-corrected chi connectivity index (χ4v) is 7.03. The van der Waals surface area contributed by atoms with Crippen molar-refractivity contribution in [3.63, 3.8) is 0 Å². The SMILES string of the molecule is CC(C)Nc1nc2ccc(C#N)cc2n1C1CCN(c2ccc(N3c4ccccc4C(C)(C)c4ccccc43)cc2)CC1. The molecule has 0 unspecified atom stereocenters. The Kier molecular flexibility index (Phi) is 6.62. The van der Waals surface area contributed by atoms with Crippen LogP contribution in [0.25, 0.3) is 11.0 Å². The zero-order valence-corrected chi connectivity index (χ0v) is 25.4. The van der Waals surface area contributed by atoms with Crippen molar-refractivity contribution in [2.75, 3.05) is 28.2 Å². The Bertz CT molecular complexity index is 1780. The maximum atomic E-state index is 9.53. The van der Waals surface area contributed by atoms with Gasteiger partial charge in [-0.1, -0.05) is 50.2 Å². The summed E-state index contributed by atoms with van der Waals surface area (Å²) in [5, 5.41) is 13.1. The summed E-state index contributed by atoms with van der Waals surface area (Å²) in [5.74, 6) is 0.896. The van der Waals surface area contributed by atoms with Gasteiger partial charge in [-0.25, -0.2) is 4.98 Å². The van der Waals surface area contributed by atoms with E-state index in [-0.39, 0.29) is 11.5 Å². The van der Waals surface area contributed by atoms with E-state index in [1.54, 1.807) is 0 Å². The van der Waals surface area contributed by atoms with Crippen molar-refractivity contribution in [3.05, 3.63) is 108 Å². The third-order valence-electron chi connectivity index (χ3n) is 9.18. The van der Waals surface area contributed by atoms with Crippen LogP contribution >= 0.6 is 0 Å². The van der Waals surface area contributed by atoms with Gasteiger partial charge in [0, 0.05) is 42.0 Å². The molecule has 5 aromatic rings. The first-order chi connectivity index (χ1) is 20.8. The summed E-state index contributed by atoms with van der Waals surface area (Å²) in [6, 6.07) is 35.4. The summed E-state index contributed by atoms with van der Waals surface area (Å²) >= 11 is 0. The van der Waals surface area contributed by atoms with Gasteiger partial charge < -0.3 is 19.7 Å². The average molecular weight is 567 g/mol. The fourth-order valence-electron chi connectivity index (χ4n) is 7.03. The quantitative estimate of drug-likeness (QED) is 0.231. The molecule has 2 aliphatic rings. The Morgan fingerprint density at radius 1 is 0.837 bits per heavy atom. The second-order valence-electron chi connectivity index (χ2n) is 12.6. The van der Waals surface area contributed by atoms with Crippen molar-refractivity contribution in [1.29, 1.82) is 5.26 Å². The lowest BCUT2D eigenvalue weighted by atomic mass is 9.73. The Hall–Kier alpha value is -4.76. The van der Waals surface area contributed by atoms with E-state index >= 15 is 0 Å². The lowest BCUT2D eigenvalue weighted by Gasteiger charge is -2.42. The molecule has 2 aliphatic heterocycles. The van der Waals surface area contributed by atoms with Crippen LogP contribution in [0.2, 0.25) is 0 Å². The van der Waals surface area contributed by atoms with E-state index in [2.05, 4.69) is 126 Å². The van der Waals surface area contributed by atoms with Gasteiger partial charge in [0.25, 0.3) is 0 Å². The van der Waals surface area contributed by atoms with Gasteiger partial charge in [0.2, 0.25) is 5.95 Å². The summed E-state index contributed by atoms with van der Waals surface area (Å²) in [4.78, 5) is 9.81. The van der Waals surface area contributed by atoms with Crippen molar-refractivity contribution in [1.82, 2.24) is 9.55 Å². The predicted octanol–water partition coefficient (Wildman–Crippen LogP) is 8.68. The summed E-state index contributed by atoms with van der Waals surface area (Å²) in [5.41, 5.74) is 10.2. The van der Waals surface area contributed by atoms with Crippen LogP contribution in [0, 0.1) is 11.3 Å². The van der Waals surface area contributed by atoms with Crippen molar-refractivity contribution in [2.45, 2.75) is 58.0 Å². The third-order valence-corrected chi connectivity index (χ3v) is 9.18. The monoisotopic (exact) mass is 566 g/mol. The highest BCUT2D eigenvalue weighted by atomic mass is 15.2. The van der Waals surface area contributed by atoms with Crippen molar-refractivity contribution >= 4 is 39.7 Å². The van der Waals surface area contributed by atoms with Crippen LogP contribution in [-0.2, 0) is 5.41 Å². The van der Waals surface area contributed by atoms with Crippen LogP contribution in [-0.4, -0.2) is 28.7 Å². The number of nitrogens with zero attached hydrogens (tertiary/aromatic N) is 5. The summed E-state index contributed by atoms with van der Waals surface area (Å²) in [6.45, 7) is 10.9. The molecule has 0 radical (unpaired) electrons. The van der Waals surface area contributed by atoms with Crippen molar-refractivity contribution < 1.29 is 0 Å². The second kappa shape index (κ2) is 10.5. The van der Waals surface area contributed by atoms with Crippen LogP contribution in [0.15, 0.2) is 91.0 Å². The van der Waals surface area contributed by atoms with Crippen LogP contribution in [0.5, 0.6) is 0 Å². The highest BCUT2D eigenvalue weighted by Gasteiger charge is 2.36. The molecule has 1 aromatic heterocycles. The number of rotatable bonds is 5. The molecule has 0 saturated carbocycles. The molecule has 4 aromatic carbocycles. The Morgan fingerprint density at radius 3 is 2.05 bits per heavy atom.